The summed E-state index contributed by atoms with van der Waals surface area (Å²) < 4.78 is 14.6. The summed E-state index contributed by atoms with van der Waals surface area (Å²) in [7, 11) is 1.57. The van der Waals surface area contributed by atoms with Gasteiger partial charge in [0.25, 0.3) is 0 Å². The van der Waals surface area contributed by atoms with Crippen LogP contribution in [0.25, 0.3) is 10.4 Å². The molecule has 2 rings (SSSR count). The van der Waals surface area contributed by atoms with Crippen LogP contribution in [0.15, 0.2) is 18.2 Å². The van der Waals surface area contributed by atoms with Gasteiger partial charge in [0.1, 0.15) is 11.3 Å². The number of carbonyl (C=O) groups is 1. The monoisotopic (exact) mass is 321 g/mol. The highest BCUT2D eigenvalue weighted by atomic mass is 32.1. The molecule has 6 heteroatoms. The average molecular weight is 321 g/mol. The fourth-order valence-electron chi connectivity index (χ4n) is 2.29. The quantitative estimate of drug-likeness (QED) is 0.787. The molecule has 0 unspecified atom stereocenters. The Morgan fingerprint density at radius 1 is 1.41 bits per heavy atom. The molecule has 0 fully saturated rings. The lowest BCUT2D eigenvalue weighted by molar-refractivity contribution is 0.0511. The first-order valence-electron chi connectivity index (χ1n) is 7.03. The summed E-state index contributed by atoms with van der Waals surface area (Å²) in [5.74, 6) is -0.226. The number of benzene rings is 1. The van der Waals surface area contributed by atoms with Crippen molar-refractivity contribution in [1.82, 2.24) is 4.37 Å². The average Bonchev–Trinajstić information content (AvgIpc) is 2.87. The van der Waals surface area contributed by atoms with Crippen LogP contribution < -0.4 is 4.74 Å². The molecule has 0 saturated carbocycles. The third-order valence-electron chi connectivity index (χ3n) is 3.26. The summed E-state index contributed by atoms with van der Waals surface area (Å²) in [6.07, 6.45) is 1.80. The van der Waals surface area contributed by atoms with Gasteiger partial charge in [0.15, 0.2) is 6.79 Å². The maximum absolute atomic E-state index is 11.5. The first-order valence-corrected chi connectivity index (χ1v) is 7.80. The molecule has 0 atom stereocenters. The molecule has 1 heterocycles. The molecule has 1 aromatic heterocycles. The second-order valence-corrected chi connectivity index (χ2v) is 5.67. The number of ether oxygens (including phenoxy) is 2. The van der Waals surface area contributed by atoms with E-state index in [2.05, 4.69) is 11.3 Å². The zero-order chi connectivity index (χ0) is 16.1. The highest BCUT2D eigenvalue weighted by Crippen LogP contribution is 2.35. The van der Waals surface area contributed by atoms with Crippen molar-refractivity contribution in [2.45, 2.75) is 26.7 Å². The minimum absolute atomic E-state index is 0.185. The van der Waals surface area contributed by atoms with Crippen molar-refractivity contribution in [1.29, 1.82) is 0 Å². The van der Waals surface area contributed by atoms with Crippen LogP contribution in [0.1, 0.15) is 35.0 Å². The fourth-order valence-corrected chi connectivity index (χ4v) is 3.23. The topological polar surface area (TPSA) is 68.7 Å². The van der Waals surface area contributed by atoms with Gasteiger partial charge in [-0.05, 0) is 54.2 Å². The molecule has 0 saturated heterocycles. The summed E-state index contributed by atoms with van der Waals surface area (Å²) in [5.41, 5.74) is 2.81. The van der Waals surface area contributed by atoms with Crippen LogP contribution in [0.3, 0.4) is 0 Å². The van der Waals surface area contributed by atoms with Crippen molar-refractivity contribution in [2.75, 3.05) is 13.9 Å². The number of aromatic nitrogens is 1. The Morgan fingerprint density at radius 3 is 2.82 bits per heavy atom. The van der Waals surface area contributed by atoms with Gasteiger partial charge in [-0.25, -0.2) is 4.79 Å². The van der Waals surface area contributed by atoms with Crippen molar-refractivity contribution in [3.05, 3.63) is 35.0 Å². The highest BCUT2D eigenvalue weighted by Gasteiger charge is 2.20. The Balaban J connectivity index is 2.48. The lowest BCUT2D eigenvalue weighted by Crippen LogP contribution is -2.02. The van der Waals surface area contributed by atoms with E-state index in [9.17, 15) is 9.90 Å². The molecular formula is C16H19NO4S. The van der Waals surface area contributed by atoms with Gasteiger partial charge in [-0.1, -0.05) is 13.3 Å². The van der Waals surface area contributed by atoms with Gasteiger partial charge in [-0.15, -0.1) is 0 Å². The van der Waals surface area contributed by atoms with E-state index < -0.39 is 5.97 Å². The van der Waals surface area contributed by atoms with Gasteiger partial charge in [0.2, 0.25) is 0 Å². The van der Waals surface area contributed by atoms with E-state index in [-0.39, 0.29) is 12.4 Å². The molecule has 0 aliphatic heterocycles. The predicted octanol–water partition coefficient (Wildman–Crippen LogP) is 3.75. The largest absolute Gasteiger partial charge is 0.478 e. The first-order chi connectivity index (χ1) is 10.6. The minimum atomic E-state index is -0.941. The van der Waals surface area contributed by atoms with E-state index >= 15 is 0 Å². The number of carboxylic acids is 1. The molecule has 0 aliphatic rings. The molecule has 1 N–H and O–H groups in total. The maximum Gasteiger partial charge on any atom is 0.339 e. The standard InChI is InChI=1S/C16H19NO4S/c1-4-5-11-8-12(21-9-20-3)6-7-13(11)15-14(16(18)19)10(2)17-22-15/h6-8H,4-5,9H2,1-3H3,(H,18,19). The van der Waals surface area contributed by atoms with E-state index in [0.29, 0.717) is 16.3 Å². The predicted molar refractivity (Wildman–Crippen MR) is 85.7 cm³/mol. The van der Waals surface area contributed by atoms with Crippen LogP contribution in [0.2, 0.25) is 0 Å². The second-order valence-electron chi connectivity index (χ2n) is 4.90. The number of rotatable bonds is 7. The maximum atomic E-state index is 11.5. The van der Waals surface area contributed by atoms with E-state index in [1.54, 1.807) is 14.0 Å². The summed E-state index contributed by atoms with van der Waals surface area (Å²) in [6.45, 7) is 3.99. The van der Waals surface area contributed by atoms with Gasteiger partial charge in [0, 0.05) is 7.11 Å². The normalized spacial score (nSPS) is 10.7. The lowest BCUT2D eigenvalue weighted by Gasteiger charge is -2.11. The summed E-state index contributed by atoms with van der Waals surface area (Å²) >= 11 is 1.22. The molecule has 22 heavy (non-hydrogen) atoms. The Kier molecular flexibility index (Phi) is 5.51. The number of carboxylic acid groups (broad SMARTS) is 1. The molecule has 0 radical (unpaired) electrons. The van der Waals surface area contributed by atoms with Crippen LogP contribution in [-0.4, -0.2) is 29.4 Å². The van der Waals surface area contributed by atoms with Crippen LogP contribution in [0.4, 0.5) is 0 Å². The van der Waals surface area contributed by atoms with E-state index in [1.165, 1.54) is 11.5 Å². The van der Waals surface area contributed by atoms with Crippen molar-refractivity contribution < 1.29 is 19.4 Å². The van der Waals surface area contributed by atoms with Gasteiger partial charge in [0.05, 0.1) is 10.6 Å². The SMILES string of the molecule is CCCc1cc(OCOC)ccc1-c1snc(C)c1C(=O)O. The molecule has 0 amide bonds. The van der Waals surface area contributed by atoms with Gasteiger partial charge in [-0.3, -0.25) is 0 Å². The number of hydrogen-bond donors (Lipinski definition) is 1. The Bertz CT molecular complexity index is 666. The fraction of sp³-hybridized carbons (Fsp3) is 0.375. The molecule has 0 bridgehead atoms. The van der Waals surface area contributed by atoms with Crippen molar-refractivity contribution in [3.8, 4) is 16.2 Å². The Morgan fingerprint density at radius 2 is 2.18 bits per heavy atom. The Labute approximate surface area is 133 Å². The molecule has 1 aromatic carbocycles. The summed E-state index contributed by atoms with van der Waals surface area (Å²) in [5, 5.41) is 9.41. The zero-order valence-corrected chi connectivity index (χ0v) is 13.7. The highest BCUT2D eigenvalue weighted by molar-refractivity contribution is 7.10. The molecular weight excluding hydrogens is 302 g/mol. The molecule has 2 aromatic rings. The molecule has 0 spiro atoms. The minimum Gasteiger partial charge on any atom is -0.478 e. The smallest absolute Gasteiger partial charge is 0.339 e. The van der Waals surface area contributed by atoms with Crippen LogP contribution in [0, 0.1) is 6.92 Å². The van der Waals surface area contributed by atoms with Crippen molar-refractivity contribution in [2.24, 2.45) is 0 Å². The molecule has 118 valence electrons. The van der Waals surface area contributed by atoms with Gasteiger partial charge < -0.3 is 14.6 Å². The number of methoxy groups -OCH3 is 1. The number of aromatic carboxylic acids is 1. The Hall–Kier alpha value is -1.92. The van der Waals surface area contributed by atoms with Crippen molar-refractivity contribution in [3.63, 3.8) is 0 Å². The van der Waals surface area contributed by atoms with Crippen LogP contribution >= 0.6 is 11.5 Å². The third-order valence-corrected chi connectivity index (χ3v) is 4.23. The van der Waals surface area contributed by atoms with Crippen molar-refractivity contribution >= 4 is 17.5 Å². The lowest BCUT2D eigenvalue weighted by atomic mass is 9.99. The van der Waals surface area contributed by atoms with Crippen LogP contribution in [-0.2, 0) is 11.2 Å². The van der Waals surface area contributed by atoms with E-state index in [4.69, 9.17) is 9.47 Å². The van der Waals surface area contributed by atoms with Gasteiger partial charge >= 0.3 is 5.97 Å². The number of aryl methyl sites for hydroxylation is 2. The second kappa shape index (κ2) is 7.38. The van der Waals surface area contributed by atoms with E-state index in [1.807, 2.05) is 18.2 Å². The molecule has 0 aliphatic carbocycles. The summed E-state index contributed by atoms with van der Waals surface area (Å²) in [6, 6.07) is 5.67. The first kappa shape index (κ1) is 16.5. The number of nitrogens with zero attached hydrogens (tertiary/aromatic N) is 1. The summed E-state index contributed by atoms with van der Waals surface area (Å²) in [4.78, 5) is 12.2. The number of hydrogen-bond acceptors (Lipinski definition) is 5. The molecule has 5 nitrogen and oxygen atoms in total. The third kappa shape index (κ3) is 3.45. The van der Waals surface area contributed by atoms with Crippen LogP contribution in [0.5, 0.6) is 5.75 Å². The van der Waals surface area contributed by atoms with Gasteiger partial charge in [-0.2, -0.15) is 4.37 Å². The van der Waals surface area contributed by atoms with E-state index in [0.717, 1.165) is 24.0 Å². The zero-order valence-electron chi connectivity index (χ0n) is 12.9.